The molecule has 0 heterocycles. The quantitative estimate of drug-likeness (QED) is 0.683. The van der Waals surface area contributed by atoms with Gasteiger partial charge in [-0.25, -0.2) is 0 Å². The first kappa shape index (κ1) is 19.3. The number of carboxylic acid groups (broad SMARTS) is 1. The number of hydrogen-bond acceptors (Lipinski definition) is 4. The zero-order valence-corrected chi connectivity index (χ0v) is 14.7. The van der Waals surface area contributed by atoms with E-state index in [-0.39, 0.29) is 18.7 Å². The van der Waals surface area contributed by atoms with Crippen molar-refractivity contribution in [3.8, 4) is 11.5 Å². The van der Waals surface area contributed by atoms with Gasteiger partial charge in [0.2, 0.25) is 5.91 Å². The Balaban J connectivity index is 1.86. The fraction of sp³-hybridized carbons (Fsp3) is 0.300. The standard InChI is InChI=1S/C20H23NO5/c1-25-18-13-16(14-21-19(22)9-10-20(23)24)7-8-17(18)26-12-11-15-5-3-2-4-6-15/h2-8,13H,9-12,14H2,1H3,(H,21,22)(H,23,24). The summed E-state index contributed by atoms with van der Waals surface area (Å²) >= 11 is 0. The molecule has 26 heavy (non-hydrogen) atoms. The molecular weight excluding hydrogens is 334 g/mol. The Morgan fingerprint density at radius 2 is 1.77 bits per heavy atom. The van der Waals surface area contributed by atoms with Gasteiger partial charge in [0, 0.05) is 19.4 Å². The fourth-order valence-corrected chi connectivity index (χ4v) is 2.37. The van der Waals surface area contributed by atoms with Crippen LogP contribution < -0.4 is 14.8 Å². The van der Waals surface area contributed by atoms with Gasteiger partial charge in [0.25, 0.3) is 0 Å². The maximum Gasteiger partial charge on any atom is 0.303 e. The number of aliphatic carboxylic acids is 1. The third-order valence-corrected chi connectivity index (χ3v) is 3.77. The second kappa shape index (κ2) is 10.1. The van der Waals surface area contributed by atoms with Gasteiger partial charge in [0.15, 0.2) is 11.5 Å². The Hall–Kier alpha value is -3.02. The molecule has 0 spiro atoms. The van der Waals surface area contributed by atoms with Crippen molar-refractivity contribution < 1.29 is 24.2 Å². The summed E-state index contributed by atoms with van der Waals surface area (Å²) in [6.07, 6.45) is 0.585. The van der Waals surface area contributed by atoms with Crippen LogP contribution in [0.4, 0.5) is 0 Å². The highest BCUT2D eigenvalue weighted by Gasteiger charge is 2.08. The summed E-state index contributed by atoms with van der Waals surface area (Å²) in [5.74, 6) is -0.0480. The highest BCUT2D eigenvalue weighted by molar-refractivity contribution is 5.80. The summed E-state index contributed by atoms with van der Waals surface area (Å²) in [6.45, 7) is 0.838. The van der Waals surface area contributed by atoms with Gasteiger partial charge in [-0.3, -0.25) is 9.59 Å². The molecule has 0 saturated heterocycles. The van der Waals surface area contributed by atoms with Crippen molar-refractivity contribution in [3.05, 3.63) is 59.7 Å². The summed E-state index contributed by atoms with van der Waals surface area (Å²) < 4.78 is 11.2. The molecule has 0 aliphatic rings. The second-order valence-electron chi connectivity index (χ2n) is 5.74. The number of carbonyl (C=O) groups excluding carboxylic acids is 1. The molecule has 0 bridgehead atoms. The normalized spacial score (nSPS) is 10.2. The van der Waals surface area contributed by atoms with Gasteiger partial charge in [-0.1, -0.05) is 36.4 Å². The highest BCUT2D eigenvalue weighted by atomic mass is 16.5. The number of carbonyl (C=O) groups is 2. The van der Waals surface area contributed by atoms with Crippen LogP contribution in [0.15, 0.2) is 48.5 Å². The third kappa shape index (κ3) is 6.47. The summed E-state index contributed by atoms with van der Waals surface area (Å²) in [4.78, 5) is 22.1. The SMILES string of the molecule is COc1cc(CNC(=O)CCC(=O)O)ccc1OCCc1ccccc1. The van der Waals surface area contributed by atoms with Crippen molar-refractivity contribution in [2.75, 3.05) is 13.7 Å². The van der Waals surface area contributed by atoms with Gasteiger partial charge in [0.05, 0.1) is 20.1 Å². The molecule has 0 atom stereocenters. The third-order valence-electron chi connectivity index (χ3n) is 3.77. The maximum absolute atomic E-state index is 11.6. The first-order valence-corrected chi connectivity index (χ1v) is 8.40. The molecule has 2 aromatic carbocycles. The average Bonchev–Trinajstić information content (AvgIpc) is 2.66. The smallest absolute Gasteiger partial charge is 0.303 e. The van der Waals surface area contributed by atoms with Crippen LogP contribution in [0.1, 0.15) is 24.0 Å². The van der Waals surface area contributed by atoms with Gasteiger partial charge in [0.1, 0.15) is 0 Å². The first-order chi connectivity index (χ1) is 12.6. The van der Waals surface area contributed by atoms with E-state index in [2.05, 4.69) is 17.4 Å². The van der Waals surface area contributed by atoms with Crippen LogP contribution in [0, 0.1) is 0 Å². The number of methoxy groups -OCH3 is 1. The Morgan fingerprint density at radius 1 is 1.00 bits per heavy atom. The Bertz CT molecular complexity index is 730. The average molecular weight is 357 g/mol. The molecule has 0 aliphatic carbocycles. The molecular formula is C20H23NO5. The molecule has 2 aromatic rings. The van der Waals surface area contributed by atoms with Crippen molar-refractivity contribution in [1.82, 2.24) is 5.32 Å². The van der Waals surface area contributed by atoms with E-state index in [1.54, 1.807) is 13.2 Å². The lowest BCUT2D eigenvalue weighted by Crippen LogP contribution is -2.23. The van der Waals surface area contributed by atoms with E-state index < -0.39 is 5.97 Å². The van der Waals surface area contributed by atoms with Gasteiger partial charge in [-0.05, 0) is 23.3 Å². The van der Waals surface area contributed by atoms with Crippen LogP contribution in [-0.4, -0.2) is 30.7 Å². The molecule has 0 radical (unpaired) electrons. The largest absolute Gasteiger partial charge is 0.493 e. The number of benzene rings is 2. The number of carboxylic acids is 1. The number of rotatable bonds is 10. The highest BCUT2D eigenvalue weighted by Crippen LogP contribution is 2.28. The first-order valence-electron chi connectivity index (χ1n) is 8.40. The van der Waals surface area contributed by atoms with Gasteiger partial charge >= 0.3 is 5.97 Å². The van der Waals surface area contributed by atoms with Crippen LogP contribution in [-0.2, 0) is 22.6 Å². The number of amides is 1. The molecule has 2 N–H and O–H groups in total. The van der Waals surface area contributed by atoms with Crippen molar-refractivity contribution in [3.63, 3.8) is 0 Å². The molecule has 6 heteroatoms. The van der Waals surface area contributed by atoms with Crippen LogP contribution in [0.25, 0.3) is 0 Å². The minimum absolute atomic E-state index is 0.0346. The molecule has 0 saturated carbocycles. The summed E-state index contributed by atoms with van der Waals surface area (Å²) in [7, 11) is 1.56. The molecule has 0 unspecified atom stereocenters. The Morgan fingerprint density at radius 3 is 2.46 bits per heavy atom. The number of hydrogen-bond donors (Lipinski definition) is 2. The lowest BCUT2D eigenvalue weighted by Gasteiger charge is -2.13. The summed E-state index contributed by atoms with van der Waals surface area (Å²) in [6, 6.07) is 15.5. The van der Waals surface area contributed by atoms with E-state index in [9.17, 15) is 9.59 Å². The van der Waals surface area contributed by atoms with Crippen LogP contribution >= 0.6 is 0 Å². The minimum atomic E-state index is -0.987. The van der Waals surface area contributed by atoms with E-state index in [1.165, 1.54) is 5.56 Å². The van der Waals surface area contributed by atoms with Crippen LogP contribution in [0.5, 0.6) is 11.5 Å². The molecule has 0 aliphatic heterocycles. The molecule has 6 nitrogen and oxygen atoms in total. The van der Waals surface area contributed by atoms with Gasteiger partial charge in [-0.15, -0.1) is 0 Å². The fourth-order valence-electron chi connectivity index (χ4n) is 2.37. The van der Waals surface area contributed by atoms with E-state index in [0.717, 1.165) is 12.0 Å². The predicted molar refractivity (Wildman–Crippen MR) is 97.4 cm³/mol. The summed E-state index contributed by atoms with van der Waals surface area (Å²) in [5.41, 5.74) is 2.05. The van der Waals surface area contributed by atoms with E-state index in [0.29, 0.717) is 24.7 Å². The predicted octanol–water partition coefficient (Wildman–Crippen LogP) is 2.80. The Kier molecular flexibility index (Phi) is 7.49. The lowest BCUT2D eigenvalue weighted by atomic mass is 10.1. The van der Waals surface area contributed by atoms with Crippen molar-refractivity contribution >= 4 is 11.9 Å². The van der Waals surface area contributed by atoms with E-state index in [1.807, 2.05) is 30.3 Å². The Labute approximate surface area is 152 Å². The van der Waals surface area contributed by atoms with Crippen molar-refractivity contribution in [1.29, 1.82) is 0 Å². The monoisotopic (exact) mass is 357 g/mol. The van der Waals surface area contributed by atoms with Gasteiger partial charge < -0.3 is 19.9 Å². The maximum atomic E-state index is 11.6. The minimum Gasteiger partial charge on any atom is -0.493 e. The van der Waals surface area contributed by atoms with Gasteiger partial charge in [-0.2, -0.15) is 0 Å². The summed E-state index contributed by atoms with van der Waals surface area (Å²) in [5, 5.41) is 11.3. The van der Waals surface area contributed by atoms with E-state index in [4.69, 9.17) is 14.6 Å². The molecule has 0 fully saturated rings. The van der Waals surface area contributed by atoms with Crippen LogP contribution in [0.2, 0.25) is 0 Å². The number of nitrogens with one attached hydrogen (secondary N) is 1. The van der Waals surface area contributed by atoms with E-state index >= 15 is 0 Å². The zero-order valence-electron chi connectivity index (χ0n) is 14.7. The van der Waals surface area contributed by atoms with Crippen molar-refractivity contribution in [2.45, 2.75) is 25.8 Å². The molecule has 2 rings (SSSR count). The topological polar surface area (TPSA) is 84.9 Å². The zero-order chi connectivity index (χ0) is 18.8. The second-order valence-corrected chi connectivity index (χ2v) is 5.74. The number of ether oxygens (including phenoxy) is 2. The molecule has 1 amide bonds. The molecule has 0 aromatic heterocycles. The lowest BCUT2D eigenvalue weighted by molar-refractivity contribution is -0.138. The molecule has 138 valence electrons. The van der Waals surface area contributed by atoms with Crippen LogP contribution in [0.3, 0.4) is 0 Å². The van der Waals surface area contributed by atoms with Crippen molar-refractivity contribution in [2.24, 2.45) is 0 Å².